The summed E-state index contributed by atoms with van der Waals surface area (Å²) < 4.78 is 5.26. The van der Waals surface area contributed by atoms with E-state index in [0.29, 0.717) is 25.3 Å². The van der Waals surface area contributed by atoms with E-state index < -0.39 is 0 Å². The number of nitrogens with zero attached hydrogens (tertiary/aromatic N) is 1. The highest BCUT2D eigenvalue weighted by Crippen LogP contribution is 2.63. The van der Waals surface area contributed by atoms with Crippen molar-refractivity contribution >= 4 is 11.7 Å². The maximum Gasteiger partial charge on any atom is 0.227 e. The van der Waals surface area contributed by atoms with Crippen molar-refractivity contribution in [3.63, 3.8) is 0 Å². The molecule has 1 N–H and O–H groups in total. The minimum atomic E-state index is -0.375. The van der Waals surface area contributed by atoms with Crippen molar-refractivity contribution in [2.75, 3.05) is 7.11 Å². The molecule has 3 fully saturated rings. The molecule has 4 aliphatic rings. The Morgan fingerprint density at radius 2 is 1.90 bits per heavy atom. The minimum absolute atomic E-state index is 0.0534. The highest BCUT2D eigenvalue weighted by Gasteiger charge is 2.62. The molecular formula is C26H33NO4. The third kappa shape index (κ3) is 3.00. The summed E-state index contributed by atoms with van der Waals surface area (Å²) in [6, 6.07) is 7.85. The largest absolute Gasteiger partial charge is 0.497 e. The minimum Gasteiger partial charge on any atom is -0.497 e. The van der Waals surface area contributed by atoms with Gasteiger partial charge in [-0.25, -0.2) is 0 Å². The summed E-state index contributed by atoms with van der Waals surface area (Å²) in [6.45, 7) is 4.84. The summed E-state index contributed by atoms with van der Waals surface area (Å²) in [5.74, 6) is 1.83. The SMILES string of the molecule is COc1ccc(CN2C(=O)CCC3(C)C2=CCC2C3C(=O)CC3(C)C(O)CC[C@@H]23)cc1. The lowest BCUT2D eigenvalue weighted by Crippen LogP contribution is -2.57. The molecule has 1 aliphatic heterocycles. The van der Waals surface area contributed by atoms with E-state index in [4.69, 9.17) is 4.74 Å². The average molecular weight is 424 g/mol. The van der Waals surface area contributed by atoms with Gasteiger partial charge in [-0.05, 0) is 55.2 Å². The van der Waals surface area contributed by atoms with Gasteiger partial charge in [0.15, 0.2) is 0 Å². The number of aliphatic hydroxyl groups is 1. The number of ether oxygens (including phenoxy) is 1. The summed E-state index contributed by atoms with van der Waals surface area (Å²) in [7, 11) is 1.65. The first kappa shape index (κ1) is 20.7. The Bertz CT molecular complexity index is 937. The van der Waals surface area contributed by atoms with Gasteiger partial charge < -0.3 is 14.7 Å². The molecule has 0 spiro atoms. The number of carbonyl (C=O) groups is 2. The van der Waals surface area contributed by atoms with Gasteiger partial charge in [0.05, 0.1) is 19.8 Å². The van der Waals surface area contributed by atoms with Crippen LogP contribution in [-0.2, 0) is 16.1 Å². The topological polar surface area (TPSA) is 66.8 Å². The summed E-state index contributed by atoms with van der Waals surface area (Å²) in [6.07, 6.45) is 6.16. The maximum absolute atomic E-state index is 13.5. The van der Waals surface area contributed by atoms with Gasteiger partial charge in [0.2, 0.25) is 5.91 Å². The lowest BCUT2D eigenvalue weighted by molar-refractivity contribution is -0.152. The smallest absolute Gasteiger partial charge is 0.227 e. The summed E-state index contributed by atoms with van der Waals surface area (Å²) in [5.41, 5.74) is 1.50. The van der Waals surface area contributed by atoms with E-state index in [9.17, 15) is 14.7 Å². The number of fused-ring (bicyclic) bond motifs is 5. The van der Waals surface area contributed by atoms with Crippen LogP contribution in [-0.4, -0.2) is 34.9 Å². The molecule has 1 aromatic carbocycles. The molecule has 1 saturated heterocycles. The number of Topliss-reactive ketones (excluding diaryl/α,β-unsaturated/α-hetero) is 1. The van der Waals surface area contributed by atoms with Crippen molar-refractivity contribution in [3.05, 3.63) is 41.6 Å². The number of rotatable bonds is 3. The number of benzene rings is 1. The van der Waals surface area contributed by atoms with Gasteiger partial charge in [0, 0.05) is 35.3 Å². The van der Waals surface area contributed by atoms with E-state index in [1.165, 1.54) is 0 Å². The van der Waals surface area contributed by atoms with Crippen LogP contribution in [0.1, 0.15) is 57.9 Å². The van der Waals surface area contributed by atoms with E-state index in [0.717, 1.165) is 42.7 Å². The summed E-state index contributed by atoms with van der Waals surface area (Å²) in [4.78, 5) is 28.4. The first-order valence-electron chi connectivity index (χ1n) is 11.6. The van der Waals surface area contributed by atoms with Crippen LogP contribution < -0.4 is 4.74 Å². The number of aliphatic hydroxyl groups excluding tert-OH is 1. The van der Waals surface area contributed by atoms with Crippen LogP contribution in [0.4, 0.5) is 0 Å². The second kappa shape index (κ2) is 7.19. The fourth-order valence-electron chi connectivity index (χ4n) is 7.35. The fourth-order valence-corrected chi connectivity index (χ4v) is 7.35. The molecule has 1 heterocycles. The van der Waals surface area contributed by atoms with Gasteiger partial charge in [0.1, 0.15) is 11.5 Å². The Kier molecular flexibility index (Phi) is 4.81. The van der Waals surface area contributed by atoms with Gasteiger partial charge in [-0.2, -0.15) is 0 Å². The second-order valence-electron chi connectivity index (χ2n) is 10.6. The molecular weight excluding hydrogens is 390 g/mol. The molecule has 5 heteroatoms. The molecule has 5 rings (SSSR count). The Morgan fingerprint density at radius 3 is 2.61 bits per heavy atom. The van der Waals surface area contributed by atoms with Crippen molar-refractivity contribution in [3.8, 4) is 5.75 Å². The van der Waals surface area contributed by atoms with Gasteiger partial charge >= 0.3 is 0 Å². The quantitative estimate of drug-likeness (QED) is 0.795. The average Bonchev–Trinajstić information content (AvgIpc) is 3.04. The highest BCUT2D eigenvalue weighted by atomic mass is 16.5. The molecule has 5 nitrogen and oxygen atoms in total. The van der Waals surface area contributed by atoms with Crippen LogP contribution in [0.25, 0.3) is 0 Å². The van der Waals surface area contributed by atoms with Crippen molar-refractivity contribution in [1.82, 2.24) is 4.90 Å². The van der Waals surface area contributed by atoms with Crippen LogP contribution >= 0.6 is 0 Å². The Balaban J connectivity index is 1.49. The zero-order chi connectivity index (χ0) is 22.0. The number of likely N-dealkylation sites (tertiary alicyclic amines) is 1. The fraction of sp³-hybridized carbons (Fsp3) is 0.615. The molecule has 0 radical (unpaired) electrons. The van der Waals surface area contributed by atoms with Crippen molar-refractivity contribution in [1.29, 1.82) is 0 Å². The molecule has 6 atom stereocenters. The van der Waals surface area contributed by atoms with E-state index in [1.807, 2.05) is 29.2 Å². The normalized spacial score (nSPS) is 39.5. The lowest BCUT2D eigenvalue weighted by Gasteiger charge is -2.57. The van der Waals surface area contributed by atoms with Crippen LogP contribution in [0.15, 0.2) is 36.0 Å². The van der Waals surface area contributed by atoms with Crippen LogP contribution in [0, 0.1) is 28.6 Å². The monoisotopic (exact) mass is 423 g/mol. The van der Waals surface area contributed by atoms with Gasteiger partial charge in [-0.1, -0.05) is 32.1 Å². The van der Waals surface area contributed by atoms with Crippen LogP contribution in [0.5, 0.6) is 5.75 Å². The molecule has 31 heavy (non-hydrogen) atoms. The Labute approximate surface area is 184 Å². The standard InChI is InChI=1S/C26H33NO4/c1-25-13-12-23(30)27(15-16-4-6-17(31-3)7-5-16)21(25)10-8-18-19-9-11-22(29)26(19,2)14-20(28)24(18)25/h4-7,10,18-19,22,24,29H,8-9,11-15H2,1-3H3/t18?,19-,22?,24?,25?,26?/m0/s1. The molecule has 1 amide bonds. The molecule has 0 aromatic heterocycles. The lowest BCUT2D eigenvalue weighted by atomic mass is 9.49. The Hall–Kier alpha value is -2.14. The van der Waals surface area contributed by atoms with Crippen LogP contribution in [0.2, 0.25) is 0 Å². The number of amides is 1. The summed E-state index contributed by atoms with van der Waals surface area (Å²) in [5, 5.41) is 10.6. The first-order chi connectivity index (χ1) is 14.8. The van der Waals surface area contributed by atoms with E-state index in [-0.39, 0.29) is 40.5 Å². The van der Waals surface area contributed by atoms with Gasteiger partial charge in [0.25, 0.3) is 0 Å². The molecule has 1 aromatic rings. The molecule has 3 aliphatic carbocycles. The van der Waals surface area contributed by atoms with Crippen molar-refractivity contribution < 1.29 is 19.4 Å². The van der Waals surface area contributed by atoms with Crippen molar-refractivity contribution in [2.24, 2.45) is 28.6 Å². The van der Waals surface area contributed by atoms with Gasteiger partial charge in [-0.15, -0.1) is 0 Å². The number of ketones is 1. The number of piperidine rings is 1. The third-order valence-electron chi connectivity index (χ3n) is 9.01. The number of hydrogen-bond donors (Lipinski definition) is 1. The zero-order valence-corrected chi connectivity index (χ0v) is 18.8. The number of methoxy groups -OCH3 is 1. The van der Waals surface area contributed by atoms with E-state index >= 15 is 0 Å². The van der Waals surface area contributed by atoms with Gasteiger partial charge in [-0.3, -0.25) is 9.59 Å². The van der Waals surface area contributed by atoms with E-state index in [2.05, 4.69) is 19.9 Å². The highest BCUT2D eigenvalue weighted by molar-refractivity contribution is 5.87. The van der Waals surface area contributed by atoms with Crippen molar-refractivity contribution in [2.45, 2.75) is 65.0 Å². The number of hydrogen-bond acceptors (Lipinski definition) is 4. The number of allylic oxidation sites excluding steroid dienone is 2. The maximum atomic E-state index is 13.5. The first-order valence-corrected chi connectivity index (χ1v) is 11.6. The third-order valence-corrected chi connectivity index (χ3v) is 9.01. The molecule has 5 unspecified atom stereocenters. The number of carbonyl (C=O) groups excluding carboxylic acids is 2. The molecule has 166 valence electrons. The molecule has 0 bridgehead atoms. The zero-order valence-electron chi connectivity index (χ0n) is 18.8. The predicted octanol–water partition coefficient (Wildman–Crippen LogP) is 4.09. The second-order valence-corrected chi connectivity index (χ2v) is 10.6. The van der Waals surface area contributed by atoms with E-state index in [1.54, 1.807) is 7.11 Å². The van der Waals surface area contributed by atoms with Crippen LogP contribution in [0.3, 0.4) is 0 Å². The molecule has 2 saturated carbocycles. The Morgan fingerprint density at radius 1 is 1.16 bits per heavy atom. The summed E-state index contributed by atoms with van der Waals surface area (Å²) >= 11 is 0. The predicted molar refractivity (Wildman–Crippen MR) is 117 cm³/mol.